The first-order valence-electron chi connectivity index (χ1n) is 17.3. The summed E-state index contributed by atoms with van der Waals surface area (Å²) < 4.78 is 21.7. The summed E-state index contributed by atoms with van der Waals surface area (Å²) in [6.07, 6.45) is 2.04. The van der Waals surface area contributed by atoms with Crippen molar-refractivity contribution in [3.63, 3.8) is 0 Å². The molecule has 15 heteroatoms. The van der Waals surface area contributed by atoms with Gasteiger partial charge >= 0.3 is 6.09 Å². The summed E-state index contributed by atoms with van der Waals surface area (Å²) in [5, 5.41) is 12.6. The molecule has 1 aromatic carbocycles. The number of amides is 4. The van der Waals surface area contributed by atoms with Crippen LogP contribution in [0.5, 0.6) is 11.5 Å². The van der Waals surface area contributed by atoms with Crippen molar-refractivity contribution < 1.29 is 47.8 Å². The predicted octanol–water partition coefficient (Wildman–Crippen LogP) is 2.23. The maximum atomic E-state index is 14.5. The van der Waals surface area contributed by atoms with E-state index in [0.717, 1.165) is 12.8 Å². The van der Waals surface area contributed by atoms with Gasteiger partial charge in [-0.25, -0.2) is 4.79 Å². The van der Waals surface area contributed by atoms with Gasteiger partial charge in [0.05, 0.1) is 45.7 Å². The van der Waals surface area contributed by atoms with Gasteiger partial charge in [0.1, 0.15) is 18.2 Å². The van der Waals surface area contributed by atoms with E-state index in [1.54, 1.807) is 40.0 Å². The minimum absolute atomic E-state index is 0.0265. The molecule has 5 rings (SSSR count). The Morgan fingerprint density at radius 2 is 1.80 bits per heavy atom. The molecule has 1 spiro atoms. The van der Waals surface area contributed by atoms with Crippen molar-refractivity contribution in [3.8, 4) is 11.5 Å². The second kappa shape index (κ2) is 15.2. The minimum atomic E-state index is -1.10. The molecule has 3 aliphatic heterocycles. The summed E-state index contributed by atoms with van der Waals surface area (Å²) in [5.74, 6) is -1.56. The summed E-state index contributed by atoms with van der Waals surface area (Å²) in [7, 11) is 3.07. The van der Waals surface area contributed by atoms with Gasteiger partial charge in [-0.05, 0) is 42.9 Å². The molecule has 1 aromatic rings. The average Bonchev–Trinajstić information content (AvgIpc) is 3.43. The van der Waals surface area contributed by atoms with Crippen LogP contribution in [-0.2, 0) is 33.5 Å². The molecule has 274 valence electrons. The number of carbonyl (C=O) groups is 5. The molecular weight excluding hydrogens is 650 g/mol. The zero-order valence-corrected chi connectivity index (χ0v) is 29.7. The number of alkyl carbamates (subject to hydrolysis) is 1. The van der Waals surface area contributed by atoms with Crippen molar-refractivity contribution in [1.82, 2.24) is 20.9 Å². The number of nitrogens with zero attached hydrogens (tertiary/aromatic N) is 2. The normalized spacial score (nSPS) is 24.1. The van der Waals surface area contributed by atoms with Crippen LogP contribution in [0.3, 0.4) is 0 Å². The van der Waals surface area contributed by atoms with E-state index in [1.165, 1.54) is 12.0 Å². The van der Waals surface area contributed by atoms with Crippen LogP contribution in [0.15, 0.2) is 23.4 Å². The second-order valence-electron chi connectivity index (χ2n) is 14.5. The first-order chi connectivity index (χ1) is 23.8. The lowest BCUT2D eigenvalue weighted by Crippen LogP contribution is -2.59. The van der Waals surface area contributed by atoms with E-state index in [4.69, 9.17) is 23.8 Å². The minimum Gasteiger partial charge on any atom is -0.493 e. The molecular formula is C35H49N5O10. The lowest BCUT2D eigenvalue weighted by molar-refractivity contribution is -0.144. The fourth-order valence-corrected chi connectivity index (χ4v) is 6.49. The number of carbonyl (C=O) groups excluding carboxylic acids is 5. The molecule has 0 radical (unpaired) electrons. The molecule has 0 unspecified atom stereocenters. The molecule has 3 fully saturated rings. The third kappa shape index (κ3) is 8.48. The first kappa shape index (κ1) is 36.9. The number of hydrogen-bond acceptors (Lipinski definition) is 11. The van der Waals surface area contributed by atoms with E-state index in [2.05, 4.69) is 21.1 Å². The van der Waals surface area contributed by atoms with Crippen LogP contribution in [-0.4, -0.2) is 110 Å². The highest BCUT2D eigenvalue weighted by Crippen LogP contribution is 2.41. The zero-order chi connectivity index (χ0) is 36.2. The molecule has 3 N–H and O–H groups in total. The number of likely N-dealkylation sites (tertiary alicyclic amines) is 1. The smallest absolute Gasteiger partial charge is 0.408 e. The highest BCUT2D eigenvalue weighted by molar-refractivity contribution is 6.38. The number of oxime groups is 1. The number of hydrogen-bond donors (Lipinski definition) is 3. The van der Waals surface area contributed by atoms with E-state index in [1.807, 2.05) is 13.0 Å². The monoisotopic (exact) mass is 699 g/mol. The number of benzene rings is 1. The van der Waals surface area contributed by atoms with Crippen molar-refractivity contribution in [3.05, 3.63) is 23.8 Å². The van der Waals surface area contributed by atoms with Gasteiger partial charge in [-0.3, -0.25) is 19.2 Å². The molecule has 3 heterocycles. The van der Waals surface area contributed by atoms with E-state index < -0.39 is 64.8 Å². The van der Waals surface area contributed by atoms with Gasteiger partial charge in [0.2, 0.25) is 17.6 Å². The molecule has 2 saturated heterocycles. The third-order valence-electron chi connectivity index (χ3n) is 9.43. The lowest BCUT2D eigenvalue weighted by Gasteiger charge is -2.35. The highest BCUT2D eigenvalue weighted by Gasteiger charge is 2.56. The van der Waals surface area contributed by atoms with Crippen LogP contribution in [0.2, 0.25) is 0 Å². The molecule has 1 saturated carbocycles. The van der Waals surface area contributed by atoms with Crippen molar-refractivity contribution in [2.45, 2.75) is 109 Å². The number of ether oxygens (including phenoxy) is 4. The van der Waals surface area contributed by atoms with Crippen molar-refractivity contribution in [1.29, 1.82) is 0 Å². The van der Waals surface area contributed by atoms with Gasteiger partial charge in [-0.15, -0.1) is 0 Å². The van der Waals surface area contributed by atoms with Crippen LogP contribution in [0, 0.1) is 5.41 Å². The van der Waals surface area contributed by atoms with Crippen LogP contribution in [0.1, 0.15) is 78.2 Å². The summed E-state index contributed by atoms with van der Waals surface area (Å²) in [5.41, 5.74) is -0.576. The number of rotatable bonds is 13. The highest BCUT2D eigenvalue weighted by atomic mass is 16.7. The molecule has 5 atom stereocenters. The topological polar surface area (TPSA) is 183 Å². The Hall–Kier alpha value is -4.40. The van der Waals surface area contributed by atoms with Gasteiger partial charge in [0.25, 0.3) is 5.91 Å². The fourth-order valence-electron chi connectivity index (χ4n) is 6.49. The number of Topliss-reactive ketones (excluding diaryl/α,β-unsaturated/α-hetero) is 1. The molecule has 4 aliphatic rings. The average molecular weight is 700 g/mol. The van der Waals surface area contributed by atoms with Crippen molar-refractivity contribution in [2.75, 3.05) is 34.0 Å². The number of methoxy groups -OCH3 is 2. The predicted molar refractivity (Wildman–Crippen MR) is 180 cm³/mol. The van der Waals surface area contributed by atoms with Gasteiger partial charge < -0.3 is 44.6 Å². The van der Waals surface area contributed by atoms with Crippen LogP contribution in [0.4, 0.5) is 4.79 Å². The van der Waals surface area contributed by atoms with Crippen LogP contribution < -0.4 is 25.4 Å². The lowest BCUT2D eigenvalue weighted by atomic mass is 9.85. The quantitative estimate of drug-likeness (QED) is 0.258. The zero-order valence-electron chi connectivity index (χ0n) is 29.7. The summed E-state index contributed by atoms with van der Waals surface area (Å²) in [6, 6.07) is 2.04. The number of ketones is 1. The van der Waals surface area contributed by atoms with Gasteiger partial charge in [-0.1, -0.05) is 39.3 Å². The summed E-state index contributed by atoms with van der Waals surface area (Å²) in [6.45, 7) is 7.97. The molecule has 0 bridgehead atoms. The van der Waals surface area contributed by atoms with Gasteiger partial charge in [0.15, 0.2) is 17.1 Å². The molecule has 15 nitrogen and oxygen atoms in total. The van der Waals surface area contributed by atoms with Gasteiger partial charge in [0, 0.05) is 30.9 Å². The fraction of sp³-hybridized carbons (Fsp3) is 0.657. The summed E-state index contributed by atoms with van der Waals surface area (Å²) in [4.78, 5) is 75.0. The molecule has 50 heavy (non-hydrogen) atoms. The summed E-state index contributed by atoms with van der Waals surface area (Å²) >= 11 is 0. The molecule has 0 aromatic heterocycles. The van der Waals surface area contributed by atoms with Crippen molar-refractivity contribution in [2.24, 2.45) is 10.6 Å². The molecule has 4 amide bonds. The third-order valence-corrected chi connectivity index (χ3v) is 9.43. The maximum Gasteiger partial charge on any atom is 0.408 e. The maximum absolute atomic E-state index is 14.5. The Labute approximate surface area is 292 Å². The van der Waals surface area contributed by atoms with E-state index >= 15 is 0 Å². The standard InChI is InChI=1S/C35H49N5O10/c1-7-8-23(28(41)31(43)36-21-10-11-21)37-30(42)25-17-35(16-24(39-50-35)20-9-12-26(46-5)27(15-20)47-6)19-40(25)32(44)29(34(2,3)4)38-33(45)49-22-13-14-48-18-22/h9,12,15,21-23,25,29H,7-8,10-11,13-14,16-19H2,1-6H3,(H,36,43)(H,37,42)(H,38,45)/t22-,23-,25-,29+,35+/m0/s1. The van der Waals surface area contributed by atoms with E-state index in [9.17, 15) is 24.0 Å². The Kier molecular flexibility index (Phi) is 11.2. The Morgan fingerprint density at radius 1 is 1.06 bits per heavy atom. The van der Waals surface area contributed by atoms with E-state index in [-0.39, 0.29) is 38.5 Å². The molecule has 1 aliphatic carbocycles. The second-order valence-corrected chi connectivity index (χ2v) is 14.5. The Balaban J connectivity index is 1.40. The largest absolute Gasteiger partial charge is 0.493 e. The Morgan fingerprint density at radius 3 is 2.42 bits per heavy atom. The van der Waals surface area contributed by atoms with Crippen LogP contribution >= 0.6 is 0 Å². The van der Waals surface area contributed by atoms with Crippen molar-refractivity contribution >= 4 is 35.3 Å². The first-order valence-corrected chi connectivity index (χ1v) is 17.3. The Bertz CT molecular complexity index is 1500. The number of nitrogens with one attached hydrogen (secondary N) is 3. The SMILES string of the molecule is CCC[C@H](NC(=O)[C@@H]1C[C@]2(CC(c3ccc(OC)c(OC)c3)=NO2)CN1C(=O)[C@@H](NC(=O)O[C@H]1CCOC1)C(C)(C)C)C(=O)C(=O)NC1CC1. The van der Waals surface area contributed by atoms with Crippen LogP contribution in [0.25, 0.3) is 0 Å². The van der Waals surface area contributed by atoms with Gasteiger partial charge in [-0.2, -0.15) is 0 Å². The van der Waals surface area contributed by atoms with E-state index in [0.29, 0.717) is 42.2 Å².